The van der Waals surface area contributed by atoms with E-state index in [2.05, 4.69) is 21.4 Å². The van der Waals surface area contributed by atoms with Crippen molar-refractivity contribution in [2.75, 3.05) is 11.1 Å². The van der Waals surface area contributed by atoms with Crippen molar-refractivity contribution >= 4 is 23.0 Å². The molecule has 0 atom stereocenters. The summed E-state index contributed by atoms with van der Waals surface area (Å²) >= 11 is 0. The molecule has 92 valence electrons. The average Bonchev–Trinajstić information content (AvgIpc) is 2.88. The molecule has 6 heteroatoms. The van der Waals surface area contributed by atoms with Crippen LogP contribution in [0.3, 0.4) is 0 Å². The van der Waals surface area contributed by atoms with Gasteiger partial charge in [0.05, 0.1) is 17.8 Å². The van der Waals surface area contributed by atoms with Crippen LogP contribution in [0.15, 0.2) is 42.9 Å². The van der Waals surface area contributed by atoms with Crippen molar-refractivity contribution in [1.82, 2.24) is 14.4 Å². The number of anilines is 3. The number of rotatable bonds is 2. The molecular weight excluding hydrogens is 240 g/mol. The predicted octanol–water partition coefficient (Wildman–Crippen LogP) is 1.93. The molecule has 0 amide bonds. The van der Waals surface area contributed by atoms with E-state index in [9.17, 15) is 0 Å². The molecule has 3 aromatic rings. The molecule has 0 aliphatic carbocycles. The summed E-state index contributed by atoms with van der Waals surface area (Å²) in [6, 6.07) is 9.16. The van der Waals surface area contributed by atoms with Gasteiger partial charge in [0.2, 0.25) is 0 Å². The van der Waals surface area contributed by atoms with Crippen molar-refractivity contribution in [3.8, 4) is 6.07 Å². The van der Waals surface area contributed by atoms with E-state index in [1.807, 2.05) is 12.1 Å². The monoisotopic (exact) mass is 250 g/mol. The number of hydrogen-bond acceptors (Lipinski definition) is 5. The molecule has 2 aromatic heterocycles. The van der Waals surface area contributed by atoms with E-state index in [1.54, 1.807) is 35.1 Å². The third-order valence-electron chi connectivity index (χ3n) is 2.67. The molecule has 19 heavy (non-hydrogen) atoms. The van der Waals surface area contributed by atoms with Crippen LogP contribution >= 0.6 is 0 Å². The lowest BCUT2D eigenvalue weighted by molar-refractivity contribution is 1.14. The maximum atomic E-state index is 8.76. The summed E-state index contributed by atoms with van der Waals surface area (Å²) in [5, 5.41) is 11.9. The number of imidazole rings is 1. The number of hydrogen-bond donors (Lipinski definition) is 2. The molecule has 1 aromatic carbocycles. The van der Waals surface area contributed by atoms with Crippen LogP contribution < -0.4 is 11.1 Å². The smallest absolute Gasteiger partial charge is 0.180 e. The number of fused-ring (bicyclic) bond motifs is 1. The molecule has 2 heterocycles. The van der Waals surface area contributed by atoms with Gasteiger partial charge in [-0.25, -0.2) is 9.97 Å². The highest BCUT2D eigenvalue weighted by Gasteiger charge is 2.06. The molecular formula is C13H10N6. The molecule has 0 saturated heterocycles. The van der Waals surface area contributed by atoms with Gasteiger partial charge in [0.15, 0.2) is 11.5 Å². The summed E-state index contributed by atoms with van der Waals surface area (Å²) in [4.78, 5) is 8.45. The molecule has 3 rings (SSSR count). The van der Waals surface area contributed by atoms with Gasteiger partial charge in [-0.1, -0.05) is 0 Å². The van der Waals surface area contributed by atoms with Crippen molar-refractivity contribution in [2.45, 2.75) is 0 Å². The van der Waals surface area contributed by atoms with Crippen LogP contribution in [-0.4, -0.2) is 14.4 Å². The van der Waals surface area contributed by atoms with Crippen molar-refractivity contribution in [3.05, 3.63) is 48.4 Å². The van der Waals surface area contributed by atoms with Gasteiger partial charge in [0.25, 0.3) is 0 Å². The lowest BCUT2D eigenvalue weighted by atomic mass is 10.2. The highest BCUT2D eigenvalue weighted by Crippen LogP contribution is 2.20. The molecule has 3 N–H and O–H groups in total. The standard InChI is InChI=1S/C13H10N6/c14-7-9-1-3-10(4-2-9)17-12-13-16-5-6-19(13)8-11(15)18-12/h1-6,8H,15H2,(H,17,18). The fourth-order valence-corrected chi connectivity index (χ4v) is 1.80. The molecule has 0 saturated carbocycles. The Bertz CT molecular complexity index is 766. The number of benzene rings is 1. The second-order valence-electron chi connectivity index (χ2n) is 3.99. The van der Waals surface area contributed by atoms with Crippen molar-refractivity contribution in [2.24, 2.45) is 0 Å². The minimum atomic E-state index is 0.404. The first-order chi connectivity index (χ1) is 9.26. The zero-order chi connectivity index (χ0) is 13.2. The number of nitrogens with two attached hydrogens (primary N) is 1. The first-order valence-electron chi connectivity index (χ1n) is 5.62. The number of nitriles is 1. The number of aromatic nitrogens is 3. The summed E-state index contributed by atoms with van der Waals surface area (Å²) in [7, 11) is 0. The zero-order valence-corrected chi connectivity index (χ0v) is 9.91. The second kappa shape index (κ2) is 4.31. The highest BCUT2D eigenvalue weighted by molar-refractivity contribution is 5.71. The van der Waals surface area contributed by atoms with E-state index in [0.717, 1.165) is 5.69 Å². The van der Waals surface area contributed by atoms with Gasteiger partial charge in [0.1, 0.15) is 5.82 Å². The zero-order valence-electron chi connectivity index (χ0n) is 9.91. The molecule has 0 bridgehead atoms. The second-order valence-corrected chi connectivity index (χ2v) is 3.99. The lowest BCUT2D eigenvalue weighted by Crippen LogP contribution is -2.01. The van der Waals surface area contributed by atoms with Gasteiger partial charge in [-0.3, -0.25) is 0 Å². The Morgan fingerprint density at radius 1 is 1.26 bits per heavy atom. The lowest BCUT2D eigenvalue weighted by Gasteiger charge is -2.07. The fraction of sp³-hybridized carbons (Fsp3) is 0. The molecule has 0 aliphatic heterocycles. The summed E-state index contributed by atoms with van der Waals surface area (Å²) in [5.74, 6) is 0.983. The van der Waals surface area contributed by atoms with Crippen LogP contribution in [-0.2, 0) is 0 Å². The molecule has 0 unspecified atom stereocenters. The SMILES string of the molecule is N#Cc1ccc(Nc2nc(N)cn3ccnc23)cc1. The van der Waals surface area contributed by atoms with E-state index < -0.39 is 0 Å². The quantitative estimate of drug-likeness (QED) is 0.725. The minimum absolute atomic E-state index is 0.404. The Labute approximate surface area is 109 Å². The van der Waals surface area contributed by atoms with Crippen molar-refractivity contribution < 1.29 is 0 Å². The fourth-order valence-electron chi connectivity index (χ4n) is 1.80. The summed E-state index contributed by atoms with van der Waals surface area (Å²) in [6.45, 7) is 0. The van der Waals surface area contributed by atoms with Crippen LogP contribution in [0.4, 0.5) is 17.3 Å². The molecule has 0 radical (unpaired) electrons. The van der Waals surface area contributed by atoms with Crippen LogP contribution in [0.1, 0.15) is 5.56 Å². The van der Waals surface area contributed by atoms with Gasteiger partial charge in [-0.2, -0.15) is 5.26 Å². The van der Waals surface area contributed by atoms with E-state index in [1.165, 1.54) is 0 Å². The van der Waals surface area contributed by atoms with Crippen LogP contribution in [0.5, 0.6) is 0 Å². The first kappa shape index (κ1) is 11.0. The molecule has 0 aliphatic rings. The molecule has 0 fully saturated rings. The van der Waals surface area contributed by atoms with Crippen molar-refractivity contribution in [1.29, 1.82) is 5.26 Å². The normalized spacial score (nSPS) is 10.3. The summed E-state index contributed by atoms with van der Waals surface area (Å²) in [6.07, 6.45) is 5.18. The van der Waals surface area contributed by atoms with Crippen LogP contribution in [0.2, 0.25) is 0 Å². The number of nitrogens with zero attached hydrogens (tertiary/aromatic N) is 4. The third kappa shape index (κ3) is 2.05. The van der Waals surface area contributed by atoms with E-state index >= 15 is 0 Å². The maximum Gasteiger partial charge on any atom is 0.180 e. The van der Waals surface area contributed by atoms with E-state index in [0.29, 0.717) is 22.8 Å². The van der Waals surface area contributed by atoms with Gasteiger partial charge in [0, 0.05) is 18.1 Å². The van der Waals surface area contributed by atoms with Gasteiger partial charge >= 0.3 is 0 Å². The maximum absolute atomic E-state index is 8.76. The minimum Gasteiger partial charge on any atom is -0.382 e. The first-order valence-corrected chi connectivity index (χ1v) is 5.62. The Hall–Kier alpha value is -3.07. The predicted molar refractivity (Wildman–Crippen MR) is 71.8 cm³/mol. The van der Waals surface area contributed by atoms with Gasteiger partial charge in [-0.05, 0) is 24.3 Å². The topological polar surface area (TPSA) is 92.0 Å². The van der Waals surface area contributed by atoms with E-state index in [-0.39, 0.29) is 0 Å². The summed E-state index contributed by atoms with van der Waals surface area (Å²) < 4.78 is 1.80. The Kier molecular flexibility index (Phi) is 2.50. The Morgan fingerprint density at radius 3 is 2.79 bits per heavy atom. The Balaban J connectivity index is 2.00. The van der Waals surface area contributed by atoms with E-state index in [4.69, 9.17) is 11.0 Å². The number of nitrogens with one attached hydrogen (secondary N) is 1. The van der Waals surface area contributed by atoms with Gasteiger partial charge < -0.3 is 15.5 Å². The number of nitrogen functional groups attached to an aromatic ring is 1. The largest absolute Gasteiger partial charge is 0.382 e. The van der Waals surface area contributed by atoms with Crippen LogP contribution in [0.25, 0.3) is 5.65 Å². The van der Waals surface area contributed by atoms with Crippen molar-refractivity contribution in [3.63, 3.8) is 0 Å². The Morgan fingerprint density at radius 2 is 2.05 bits per heavy atom. The average molecular weight is 250 g/mol. The summed E-state index contributed by atoms with van der Waals surface area (Å²) in [5.41, 5.74) is 7.86. The highest BCUT2D eigenvalue weighted by atomic mass is 15.1. The third-order valence-corrected chi connectivity index (χ3v) is 2.67. The van der Waals surface area contributed by atoms with Crippen LogP contribution in [0, 0.1) is 11.3 Å². The van der Waals surface area contributed by atoms with Gasteiger partial charge in [-0.15, -0.1) is 0 Å². The molecule has 0 spiro atoms. The molecule has 6 nitrogen and oxygen atoms in total.